The van der Waals surface area contributed by atoms with Gasteiger partial charge in [0.15, 0.2) is 0 Å². The molecule has 17 heavy (non-hydrogen) atoms. The van der Waals surface area contributed by atoms with E-state index in [4.69, 9.17) is 0 Å². The third-order valence-electron chi connectivity index (χ3n) is 2.95. The quantitative estimate of drug-likeness (QED) is 0.881. The molecule has 0 radical (unpaired) electrons. The predicted molar refractivity (Wildman–Crippen MR) is 70.1 cm³/mol. The molecule has 0 spiro atoms. The van der Waals surface area contributed by atoms with Crippen molar-refractivity contribution >= 4 is 11.0 Å². The zero-order chi connectivity index (χ0) is 12.6. The van der Waals surface area contributed by atoms with E-state index in [1.807, 2.05) is 21.0 Å². The summed E-state index contributed by atoms with van der Waals surface area (Å²) in [6.45, 7) is 7.16. The van der Waals surface area contributed by atoms with Gasteiger partial charge in [0.05, 0.1) is 5.69 Å². The summed E-state index contributed by atoms with van der Waals surface area (Å²) < 4.78 is 2.09. The van der Waals surface area contributed by atoms with Crippen LogP contribution in [-0.4, -0.2) is 21.6 Å². The molecule has 2 aromatic rings. The van der Waals surface area contributed by atoms with Crippen molar-refractivity contribution in [1.29, 1.82) is 0 Å². The number of nitrogens with one attached hydrogen (secondary N) is 1. The van der Waals surface area contributed by atoms with E-state index in [-0.39, 0.29) is 0 Å². The lowest BCUT2D eigenvalue weighted by molar-refractivity contribution is 0.802. The first kappa shape index (κ1) is 12.0. The maximum Gasteiger partial charge on any atom is 0.143 e. The summed E-state index contributed by atoms with van der Waals surface area (Å²) in [6, 6.07) is 0. The number of fused-ring (bicyclic) bond motifs is 1. The van der Waals surface area contributed by atoms with Crippen LogP contribution in [0.25, 0.3) is 11.0 Å². The van der Waals surface area contributed by atoms with Crippen molar-refractivity contribution in [3.63, 3.8) is 0 Å². The van der Waals surface area contributed by atoms with Gasteiger partial charge >= 0.3 is 0 Å². The first-order valence-electron chi connectivity index (χ1n) is 6.01. The minimum absolute atomic E-state index is 0.414. The highest BCUT2D eigenvalue weighted by Gasteiger charge is 2.16. The fourth-order valence-electron chi connectivity index (χ4n) is 2.24. The molecule has 0 aliphatic heterocycles. The van der Waals surface area contributed by atoms with Gasteiger partial charge in [0.2, 0.25) is 0 Å². The lowest BCUT2D eigenvalue weighted by Gasteiger charge is -2.09. The van der Waals surface area contributed by atoms with Gasteiger partial charge in [-0.15, -0.1) is 0 Å². The minimum Gasteiger partial charge on any atom is -0.335 e. The van der Waals surface area contributed by atoms with E-state index in [0.717, 1.165) is 23.7 Å². The van der Waals surface area contributed by atoms with E-state index in [9.17, 15) is 0 Å². The second-order valence-corrected chi connectivity index (χ2v) is 4.80. The Morgan fingerprint density at radius 3 is 2.65 bits per heavy atom. The highest BCUT2D eigenvalue weighted by atomic mass is 15.0. The number of hydrogen-bond donors (Lipinski definition) is 1. The molecule has 0 fully saturated rings. The topological polar surface area (TPSA) is 42.7 Å². The van der Waals surface area contributed by atoms with Crippen LogP contribution in [0.5, 0.6) is 0 Å². The van der Waals surface area contributed by atoms with Crippen LogP contribution in [-0.2, 0) is 13.6 Å². The molecule has 0 bridgehead atoms. The Labute approximate surface area is 102 Å². The molecule has 0 atom stereocenters. The zero-order valence-electron chi connectivity index (χ0n) is 11.2. The van der Waals surface area contributed by atoms with Crippen molar-refractivity contribution in [1.82, 2.24) is 19.9 Å². The van der Waals surface area contributed by atoms with Gasteiger partial charge in [-0.2, -0.15) is 0 Å². The molecule has 92 valence electrons. The maximum atomic E-state index is 4.60. The molecular formula is C13H20N4. The lowest BCUT2D eigenvalue weighted by atomic mass is 10.0. The predicted octanol–water partition coefficient (Wildman–Crippen LogP) is 2.12. The van der Waals surface area contributed by atoms with Crippen LogP contribution in [0.2, 0.25) is 0 Å². The van der Waals surface area contributed by atoms with E-state index < -0.39 is 0 Å². The first-order chi connectivity index (χ1) is 8.04. The van der Waals surface area contributed by atoms with E-state index >= 15 is 0 Å². The van der Waals surface area contributed by atoms with Crippen LogP contribution in [0, 0.1) is 6.92 Å². The fraction of sp³-hybridized carbons (Fsp3) is 0.538. The Balaban J connectivity index is 2.78. The van der Waals surface area contributed by atoms with Crippen LogP contribution in [0.4, 0.5) is 0 Å². The van der Waals surface area contributed by atoms with Gasteiger partial charge in [0.1, 0.15) is 11.5 Å². The van der Waals surface area contributed by atoms with E-state index in [1.54, 1.807) is 0 Å². The second kappa shape index (κ2) is 4.45. The average molecular weight is 232 g/mol. The largest absolute Gasteiger partial charge is 0.335 e. The number of aromatic nitrogens is 3. The number of rotatable bonds is 3. The molecule has 2 rings (SSSR count). The van der Waals surface area contributed by atoms with Gasteiger partial charge in [-0.25, -0.2) is 9.97 Å². The SMILES string of the molecule is CNCc1cn(C)c2nc(C)nc(C(C)C)c12. The summed E-state index contributed by atoms with van der Waals surface area (Å²) in [7, 11) is 4.00. The smallest absolute Gasteiger partial charge is 0.143 e. The first-order valence-corrected chi connectivity index (χ1v) is 6.01. The van der Waals surface area contributed by atoms with Gasteiger partial charge in [0, 0.05) is 25.2 Å². The van der Waals surface area contributed by atoms with E-state index in [2.05, 4.69) is 39.9 Å². The Kier molecular flexibility index (Phi) is 3.15. The Morgan fingerprint density at radius 1 is 1.35 bits per heavy atom. The third-order valence-corrected chi connectivity index (χ3v) is 2.95. The Bertz CT molecular complexity index is 540. The molecule has 2 heterocycles. The molecule has 2 aromatic heterocycles. The minimum atomic E-state index is 0.414. The molecule has 0 aliphatic rings. The van der Waals surface area contributed by atoms with Gasteiger partial charge in [-0.1, -0.05) is 13.8 Å². The number of hydrogen-bond acceptors (Lipinski definition) is 3. The molecule has 4 nitrogen and oxygen atoms in total. The summed E-state index contributed by atoms with van der Waals surface area (Å²) in [5.74, 6) is 1.26. The van der Waals surface area contributed by atoms with Crippen molar-refractivity contribution in [2.45, 2.75) is 33.2 Å². The van der Waals surface area contributed by atoms with Gasteiger partial charge in [-0.05, 0) is 25.5 Å². The van der Waals surface area contributed by atoms with Crippen molar-refractivity contribution < 1.29 is 0 Å². The Morgan fingerprint density at radius 2 is 2.06 bits per heavy atom. The molecule has 1 N–H and O–H groups in total. The molecule has 0 aromatic carbocycles. The number of aryl methyl sites for hydroxylation is 2. The van der Waals surface area contributed by atoms with Crippen LogP contribution < -0.4 is 5.32 Å². The van der Waals surface area contributed by atoms with Gasteiger partial charge in [-0.3, -0.25) is 0 Å². The molecule has 0 aliphatic carbocycles. The van der Waals surface area contributed by atoms with E-state index in [1.165, 1.54) is 10.9 Å². The molecule has 4 heteroatoms. The lowest BCUT2D eigenvalue weighted by Crippen LogP contribution is -2.06. The van der Waals surface area contributed by atoms with Crippen molar-refractivity contribution in [2.75, 3.05) is 7.05 Å². The average Bonchev–Trinajstić information content (AvgIpc) is 2.55. The second-order valence-electron chi connectivity index (χ2n) is 4.80. The third kappa shape index (κ3) is 2.05. The normalized spacial score (nSPS) is 11.6. The summed E-state index contributed by atoms with van der Waals surface area (Å²) in [4.78, 5) is 9.15. The molecule has 0 unspecified atom stereocenters. The summed E-state index contributed by atoms with van der Waals surface area (Å²) in [5, 5.41) is 4.41. The summed E-state index contributed by atoms with van der Waals surface area (Å²) in [5.41, 5.74) is 3.46. The van der Waals surface area contributed by atoms with Crippen molar-refractivity contribution in [3.05, 3.63) is 23.3 Å². The highest BCUT2D eigenvalue weighted by molar-refractivity contribution is 5.83. The van der Waals surface area contributed by atoms with Crippen LogP contribution in [0.3, 0.4) is 0 Å². The molecule has 0 amide bonds. The number of nitrogens with zero attached hydrogens (tertiary/aromatic N) is 3. The summed E-state index contributed by atoms with van der Waals surface area (Å²) in [6.07, 6.45) is 2.14. The molecular weight excluding hydrogens is 212 g/mol. The zero-order valence-corrected chi connectivity index (χ0v) is 11.2. The van der Waals surface area contributed by atoms with E-state index in [0.29, 0.717) is 5.92 Å². The monoisotopic (exact) mass is 232 g/mol. The van der Waals surface area contributed by atoms with Gasteiger partial charge < -0.3 is 9.88 Å². The van der Waals surface area contributed by atoms with Crippen molar-refractivity contribution in [2.24, 2.45) is 7.05 Å². The van der Waals surface area contributed by atoms with Crippen molar-refractivity contribution in [3.8, 4) is 0 Å². The highest BCUT2D eigenvalue weighted by Crippen LogP contribution is 2.27. The van der Waals surface area contributed by atoms with Crippen LogP contribution >= 0.6 is 0 Å². The maximum absolute atomic E-state index is 4.60. The molecule has 0 saturated carbocycles. The fourth-order valence-corrected chi connectivity index (χ4v) is 2.24. The standard InChI is InChI=1S/C13H20N4/c1-8(2)12-11-10(6-14-4)7-17(5)13(11)16-9(3)15-12/h7-8,14H,6H2,1-5H3. The molecule has 0 saturated heterocycles. The van der Waals surface area contributed by atoms with Crippen LogP contribution in [0.1, 0.15) is 36.8 Å². The van der Waals surface area contributed by atoms with Gasteiger partial charge in [0.25, 0.3) is 0 Å². The summed E-state index contributed by atoms with van der Waals surface area (Å²) >= 11 is 0. The van der Waals surface area contributed by atoms with Crippen LogP contribution in [0.15, 0.2) is 6.20 Å². The Hall–Kier alpha value is -1.42.